The summed E-state index contributed by atoms with van der Waals surface area (Å²) in [6.45, 7) is 3.17. The molecule has 98 valence electrons. The van der Waals surface area contributed by atoms with Crippen molar-refractivity contribution in [2.75, 3.05) is 13.6 Å². The quantitative estimate of drug-likeness (QED) is 0.827. The highest BCUT2D eigenvalue weighted by molar-refractivity contribution is 5.82. The van der Waals surface area contributed by atoms with Crippen molar-refractivity contribution in [1.29, 1.82) is 0 Å². The van der Waals surface area contributed by atoms with Gasteiger partial charge in [0, 0.05) is 20.1 Å². The summed E-state index contributed by atoms with van der Waals surface area (Å²) < 4.78 is 0. The largest absolute Gasteiger partial charge is 0.392 e. The summed E-state index contributed by atoms with van der Waals surface area (Å²) in [5.41, 5.74) is 2.35. The Morgan fingerprint density at radius 3 is 2.83 bits per heavy atom. The molecule has 1 aromatic rings. The second-order valence-corrected chi connectivity index (χ2v) is 4.97. The predicted molar refractivity (Wildman–Crippen MR) is 70.1 cm³/mol. The molecule has 1 aromatic carbocycles. The lowest BCUT2D eigenvalue weighted by atomic mass is 10.1. The van der Waals surface area contributed by atoms with Gasteiger partial charge in [-0.15, -0.1) is 0 Å². The summed E-state index contributed by atoms with van der Waals surface area (Å²) in [5, 5.41) is 12.5. The lowest BCUT2D eigenvalue weighted by molar-refractivity contribution is -0.132. The van der Waals surface area contributed by atoms with E-state index in [-0.39, 0.29) is 11.9 Å². The topological polar surface area (TPSA) is 52.6 Å². The van der Waals surface area contributed by atoms with Crippen LogP contribution >= 0.6 is 0 Å². The number of likely N-dealkylation sites (N-methyl/N-ethyl adjacent to an activating group) is 1. The Morgan fingerprint density at radius 2 is 2.22 bits per heavy atom. The van der Waals surface area contributed by atoms with Crippen molar-refractivity contribution in [3.05, 3.63) is 35.4 Å². The number of aryl methyl sites for hydroxylation is 1. The van der Waals surface area contributed by atoms with Gasteiger partial charge in [-0.05, 0) is 24.5 Å². The fourth-order valence-electron chi connectivity index (χ4n) is 2.29. The minimum Gasteiger partial charge on any atom is -0.392 e. The Labute approximate surface area is 108 Å². The van der Waals surface area contributed by atoms with Crippen LogP contribution in [0.4, 0.5) is 0 Å². The monoisotopic (exact) mass is 248 g/mol. The number of nitrogens with zero attached hydrogens (tertiary/aromatic N) is 1. The molecule has 0 radical (unpaired) electrons. The SMILES string of the molecule is Cc1ccccc1CN(C)C(=O)C1CC(O)CN1. The van der Waals surface area contributed by atoms with Crippen molar-refractivity contribution < 1.29 is 9.90 Å². The molecule has 2 unspecified atom stereocenters. The number of aliphatic hydroxyl groups is 1. The number of carbonyl (C=O) groups excluding carboxylic acids is 1. The highest BCUT2D eigenvalue weighted by atomic mass is 16.3. The summed E-state index contributed by atoms with van der Waals surface area (Å²) in [6, 6.07) is 7.82. The number of benzene rings is 1. The first-order valence-corrected chi connectivity index (χ1v) is 6.29. The van der Waals surface area contributed by atoms with Gasteiger partial charge in [-0.25, -0.2) is 0 Å². The maximum Gasteiger partial charge on any atom is 0.239 e. The molecule has 1 amide bonds. The molecule has 2 rings (SSSR count). The zero-order chi connectivity index (χ0) is 13.1. The highest BCUT2D eigenvalue weighted by Crippen LogP contribution is 2.13. The molecule has 4 heteroatoms. The molecule has 0 spiro atoms. The van der Waals surface area contributed by atoms with Gasteiger partial charge in [-0.1, -0.05) is 24.3 Å². The Hall–Kier alpha value is -1.39. The van der Waals surface area contributed by atoms with Crippen molar-refractivity contribution in [3.8, 4) is 0 Å². The van der Waals surface area contributed by atoms with Crippen molar-refractivity contribution in [2.45, 2.75) is 32.0 Å². The summed E-state index contributed by atoms with van der Waals surface area (Å²) >= 11 is 0. The van der Waals surface area contributed by atoms with Gasteiger partial charge in [-0.3, -0.25) is 4.79 Å². The molecule has 1 aliphatic rings. The summed E-state index contributed by atoms with van der Waals surface area (Å²) in [5.74, 6) is 0.0507. The van der Waals surface area contributed by atoms with Gasteiger partial charge in [-0.2, -0.15) is 0 Å². The molecule has 1 aliphatic heterocycles. The molecular weight excluding hydrogens is 228 g/mol. The summed E-state index contributed by atoms with van der Waals surface area (Å²) in [4.78, 5) is 13.9. The van der Waals surface area contributed by atoms with E-state index in [4.69, 9.17) is 0 Å². The van der Waals surface area contributed by atoms with Crippen LogP contribution in [0.2, 0.25) is 0 Å². The van der Waals surface area contributed by atoms with Crippen LogP contribution in [0.1, 0.15) is 17.5 Å². The minimum atomic E-state index is -0.397. The number of nitrogens with one attached hydrogen (secondary N) is 1. The number of carbonyl (C=O) groups is 1. The molecule has 0 bridgehead atoms. The van der Waals surface area contributed by atoms with Gasteiger partial charge >= 0.3 is 0 Å². The number of hydrogen-bond donors (Lipinski definition) is 2. The number of amides is 1. The van der Waals surface area contributed by atoms with E-state index >= 15 is 0 Å². The maximum atomic E-state index is 12.2. The molecular formula is C14H20N2O2. The molecule has 1 heterocycles. The first kappa shape index (κ1) is 13.1. The molecule has 2 atom stereocenters. The fourth-order valence-corrected chi connectivity index (χ4v) is 2.29. The third-order valence-corrected chi connectivity index (χ3v) is 3.45. The molecule has 2 N–H and O–H groups in total. The van der Waals surface area contributed by atoms with Crippen LogP contribution in [0.15, 0.2) is 24.3 Å². The Kier molecular flexibility index (Phi) is 3.99. The molecule has 4 nitrogen and oxygen atoms in total. The molecule has 0 saturated carbocycles. The van der Waals surface area contributed by atoms with Crippen LogP contribution in [-0.2, 0) is 11.3 Å². The zero-order valence-corrected chi connectivity index (χ0v) is 10.9. The summed E-state index contributed by atoms with van der Waals surface area (Å²) in [6.07, 6.45) is 0.113. The summed E-state index contributed by atoms with van der Waals surface area (Å²) in [7, 11) is 1.81. The Balaban J connectivity index is 1.98. The standard InChI is InChI=1S/C14H20N2O2/c1-10-5-3-4-6-11(10)9-16(2)14(18)13-7-12(17)8-15-13/h3-6,12-13,15,17H,7-9H2,1-2H3. The van der Waals surface area contributed by atoms with Gasteiger partial charge in [0.15, 0.2) is 0 Å². The molecule has 1 saturated heterocycles. The van der Waals surface area contributed by atoms with E-state index < -0.39 is 6.10 Å². The van der Waals surface area contributed by atoms with Gasteiger partial charge in [0.2, 0.25) is 5.91 Å². The number of rotatable bonds is 3. The van der Waals surface area contributed by atoms with Gasteiger partial charge in [0.05, 0.1) is 12.1 Å². The van der Waals surface area contributed by atoms with Crippen LogP contribution in [-0.4, -0.2) is 41.7 Å². The van der Waals surface area contributed by atoms with E-state index in [9.17, 15) is 9.90 Å². The van der Waals surface area contributed by atoms with E-state index in [2.05, 4.69) is 5.32 Å². The normalized spacial score (nSPS) is 23.1. The molecule has 0 aromatic heterocycles. The van der Waals surface area contributed by atoms with E-state index in [1.54, 1.807) is 11.9 Å². The van der Waals surface area contributed by atoms with Crippen LogP contribution < -0.4 is 5.32 Å². The van der Waals surface area contributed by atoms with Crippen LogP contribution in [0.5, 0.6) is 0 Å². The van der Waals surface area contributed by atoms with Crippen molar-refractivity contribution in [2.24, 2.45) is 0 Å². The Morgan fingerprint density at radius 1 is 1.50 bits per heavy atom. The van der Waals surface area contributed by atoms with Gasteiger partial charge in [0.25, 0.3) is 0 Å². The third kappa shape index (κ3) is 2.89. The Bertz CT molecular complexity index is 434. The van der Waals surface area contributed by atoms with Crippen LogP contribution in [0, 0.1) is 6.92 Å². The zero-order valence-electron chi connectivity index (χ0n) is 10.9. The lowest BCUT2D eigenvalue weighted by Crippen LogP contribution is -2.41. The van der Waals surface area contributed by atoms with Crippen molar-refractivity contribution >= 4 is 5.91 Å². The number of β-amino-alcohol motifs (C(OH)–C–C–N with tert-alkyl or cyclic N) is 1. The van der Waals surface area contributed by atoms with Gasteiger partial charge in [0.1, 0.15) is 0 Å². The third-order valence-electron chi connectivity index (χ3n) is 3.45. The number of hydrogen-bond acceptors (Lipinski definition) is 3. The minimum absolute atomic E-state index is 0.0507. The first-order chi connectivity index (χ1) is 8.58. The second-order valence-electron chi connectivity index (χ2n) is 4.97. The first-order valence-electron chi connectivity index (χ1n) is 6.29. The van der Waals surface area contributed by atoms with Crippen LogP contribution in [0.25, 0.3) is 0 Å². The molecule has 18 heavy (non-hydrogen) atoms. The van der Waals surface area contributed by atoms with Gasteiger partial charge < -0.3 is 15.3 Å². The van der Waals surface area contributed by atoms with Crippen molar-refractivity contribution in [1.82, 2.24) is 10.2 Å². The number of aliphatic hydroxyl groups excluding tert-OH is 1. The lowest BCUT2D eigenvalue weighted by Gasteiger charge is -2.22. The van der Waals surface area contributed by atoms with E-state index in [1.807, 2.05) is 31.2 Å². The van der Waals surface area contributed by atoms with Crippen molar-refractivity contribution in [3.63, 3.8) is 0 Å². The molecule has 0 aliphatic carbocycles. The second kappa shape index (κ2) is 5.50. The maximum absolute atomic E-state index is 12.2. The average Bonchev–Trinajstić information content (AvgIpc) is 2.78. The van der Waals surface area contributed by atoms with E-state index in [0.717, 1.165) is 5.56 Å². The predicted octanol–water partition coefficient (Wildman–Crippen LogP) is 0.676. The fraction of sp³-hybridized carbons (Fsp3) is 0.500. The van der Waals surface area contributed by atoms with E-state index in [0.29, 0.717) is 19.5 Å². The highest BCUT2D eigenvalue weighted by Gasteiger charge is 2.30. The molecule has 1 fully saturated rings. The smallest absolute Gasteiger partial charge is 0.239 e. The van der Waals surface area contributed by atoms with E-state index in [1.165, 1.54) is 5.56 Å². The average molecular weight is 248 g/mol. The van der Waals surface area contributed by atoms with Crippen LogP contribution in [0.3, 0.4) is 0 Å².